The minimum absolute atomic E-state index is 0.323. The van der Waals surface area contributed by atoms with Gasteiger partial charge >= 0.3 is 5.97 Å². The van der Waals surface area contributed by atoms with Gasteiger partial charge in [-0.1, -0.05) is 39.0 Å². The van der Waals surface area contributed by atoms with Crippen LogP contribution in [-0.2, 0) is 4.79 Å². The number of hydrogen-bond donors (Lipinski definition) is 1. The molecule has 0 rings (SSSR count). The molecule has 0 heterocycles. The van der Waals surface area contributed by atoms with Crippen LogP contribution in [-0.4, -0.2) is 22.6 Å². The van der Waals surface area contributed by atoms with Crippen molar-refractivity contribution in [2.75, 3.05) is 11.5 Å². The van der Waals surface area contributed by atoms with Gasteiger partial charge in [-0.25, -0.2) is 0 Å². The number of carbonyl (C=O) groups is 1. The van der Waals surface area contributed by atoms with Crippen LogP contribution in [0, 0.1) is 0 Å². The number of carboxylic acid groups (broad SMARTS) is 1. The first kappa shape index (κ1) is 14.8. The standard InChI is InChI=1S/C12H24O2S/c1-2-3-4-5-6-7-10-15-11-8-9-12(13)14/h2-11H2,1H3,(H,13,14). The lowest BCUT2D eigenvalue weighted by Crippen LogP contribution is -1.95. The third kappa shape index (κ3) is 13.8. The maximum atomic E-state index is 10.2. The van der Waals surface area contributed by atoms with Crippen LogP contribution < -0.4 is 0 Å². The summed E-state index contributed by atoms with van der Waals surface area (Å²) in [5, 5.41) is 8.43. The second-order valence-corrected chi connectivity index (χ2v) is 5.10. The molecule has 0 aromatic carbocycles. The summed E-state index contributed by atoms with van der Waals surface area (Å²) in [5.41, 5.74) is 0. The van der Waals surface area contributed by atoms with Crippen molar-refractivity contribution in [2.24, 2.45) is 0 Å². The summed E-state index contributed by atoms with van der Waals surface area (Å²) in [6.45, 7) is 2.23. The van der Waals surface area contributed by atoms with Crippen molar-refractivity contribution in [2.45, 2.75) is 58.3 Å². The second-order valence-electron chi connectivity index (χ2n) is 3.88. The number of aliphatic carboxylic acids is 1. The monoisotopic (exact) mass is 232 g/mol. The first-order valence-electron chi connectivity index (χ1n) is 6.07. The zero-order valence-electron chi connectivity index (χ0n) is 9.83. The number of thioether (sulfide) groups is 1. The van der Waals surface area contributed by atoms with Crippen molar-refractivity contribution < 1.29 is 9.90 Å². The van der Waals surface area contributed by atoms with Crippen molar-refractivity contribution in [3.05, 3.63) is 0 Å². The van der Waals surface area contributed by atoms with Gasteiger partial charge in [-0.2, -0.15) is 11.8 Å². The lowest BCUT2D eigenvalue weighted by molar-refractivity contribution is -0.137. The Hall–Kier alpha value is -0.180. The summed E-state index contributed by atoms with van der Waals surface area (Å²) in [6, 6.07) is 0. The van der Waals surface area contributed by atoms with E-state index in [1.54, 1.807) is 0 Å². The van der Waals surface area contributed by atoms with Crippen LogP contribution in [0.25, 0.3) is 0 Å². The van der Waals surface area contributed by atoms with E-state index in [-0.39, 0.29) is 0 Å². The summed E-state index contributed by atoms with van der Waals surface area (Å²) in [7, 11) is 0. The Morgan fingerprint density at radius 3 is 2.27 bits per heavy atom. The predicted molar refractivity (Wildman–Crippen MR) is 67.6 cm³/mol. The lowest BCUT2D eigenvalue weighted by atomic mass is 10.1. The molecule has 0 saturated heterocycles. The zero-order valence-corrected chi connectivity index (χ0v) is 10.7. The molecule has 0 spiro atoms. The predicted octanol–water partition coefficient (Wildman–Crippen LogP) is 3.94. The molecule has 1 N–H and O–H groups in total. The van der Waals surface area contributed by atoms with Crippen LogP contribution in [0.5, 0.6) is 0 Å². The van der Waals surface area contributed by atoms with E-state index in [4.69, 9.17) is 5.11 Å². The average Bonchev–Trinajstić information content (AvgIpc) is 2.20. The number of rotatable bonds is 11. The van der Waals surface area contributed by atoms with Gasteiger partial charge in [0.15, 0.2) is 0 Å². The van der Waals surface area contributed by atoms with E-state index in [0.29, 0.717) is 6.42 Å². The highest BCUT2D eigenvalue weighted by Crippen LogP contribution is 2.11. The van der Waals surface area contributed by atoms with E-state index in [9.17, 15) is 4.79 Å². The van der Waals surface area contributed by atoms with Crippen molar-refractivity contribution >= 4 is 17.7 Å². The molecule has 0 aliphatic rings. The van der Waals surface area contributed by atoms with Crippen LogP contribution >= 0.6 is 11.8 Å². The maximum Gasteiger partial charge on any atom is 0.303 e. The quantitative estimate of drug-likeness (QED) is 0.548. The minimum atomic E-state index is -0.671. The molecule has 0 saturated carbocycles. The van der Waals surface area contributed by atoms with Gasteiger partial charge in [-0.05, 0) is 24.3 Å². The number of carboxylic acids is 1. The van der Waals surface area contributed by atoms with Crippen LogP contribution in [0.3, 0.4) is 0 Å². The molecule has 0 aromatic heterocycles. The van der Waals surface area contributed by atoms with Gasteiger partial charge in [0.05, 0.1) is 0 Å². The van der Waals surface area contributed by atoms with Gasteiger partial charge in [0, 0.05) is 6.42 Å². The SMILES string of the molecule is CCCCCCCCSCCCC(=O)O. The van der Waals surface area contributed by atoms with E-state index in [1.165, 1.54) is 44.3 Å². The fourth-order valence-corrected chi connectivity index (χ4v) is 2.37. The molecule has 0 radical (unpaired) electrons. The molecule has 90 valence electrons. The van der Waals surface area contributed by atoms with E-state index in [0.717, 1.165) is 12.2 Å². The molecule has 15 heavy (non-hydrogen) atoms. The summed E-state index contributed by atoms with van der Waals surface area (Å²) in [4.78, 5) is 10.2. The van der Waals surface area contributed by atoms with E-state index < -0.39 is 5.97 Å². The topological polar surface area (TPSA) is 37.3 Å². The molecule has 0 atom stereocenters. The van der Waals surface area contributed by atoms with Crippen molar-refractivity contribution in [3.8, 4) is 0 Å². The van der Waals surface area contributed by atoms with Crippen LogP contribution in [0.1, 0.15) is 58.3 Å². The normalized spacial score (nSPS) is 10.5. The van der Waals surface area contributed by atoms with Crippen LogP contribution in [0.2, 0.25) is 0 Å². The summed E-state index contributed by atoms with van der Waals surface area (Å²) < 4.78 is 0. The van der Waals surface area contributed by atoms with E-state index in [1.807, 2.05) is 11.8 Å². The zero-order chi connectivity index (χ0) is 11.4. The molecule has 0 bridgehead atoms. The summed E-state index contributed by atoms with van der Waals surface area (Å²) in [6.07, 6.45) is 9.19. The van der Waals surface area contributed by atoms with E-state index in [2.05, 4.69) is 6.92 Å². The molecular weight excluding hydrogens is 208 g/mol. The molecular formula is C12H24O2S. The molecule has 0 unspecified atom stereocenters. The largest absolute Gasteiger partial charge is 0.481 e. The van der Waals surface area contributed by atoms with Gasteiger partial charge in [-0.15, -0.1) is 0 Å². The Balaban J connectivity index is 2.89. The molecule has 0 amide bonds. The van der Waals surface area contributed by atoms with Gasteiger partial charge < -0.3 is 5.11 Å². The third-order valence-corrected chi connectivity index (χ3v) is 3.48. The molecule has 0 aliphatic heterocycles. The number of unbranched alkanes of at least 4 members (excludes halogenated alkanes) is 5. The van der Waals surface area contributed by atoms with Gasteiger partial charge in [0.25, 0.3) is 0 Å². The second kappa shape index (κ2) is 11.9. The average molecular weight is 232 g/mol. The Kier molecular flexibility index (Phi) is 11.7. The maximum absolute atomic E-state index is 10.2. The first-order valence-corrected chi connectivity index (χ1v) is 7.22. The molecule has 0 aliphatic carbocycles. The smallest absolute Gasteiger partial charge is 0.303 e. The van der Waals surface area contributed by atoms with Crippen LogP contribution in [0.4, 0.5) is 0 Å². The minimum Gasteiger partial charge on any atom is -0.481 e. The van der Waals surface area contributed by atoms with Crippen molar-refractivity contribution in [3.63, 3.8) is 0 Å². The van der Waals surface area contributed by atoms with Crippen molar-refractivity contribution in [1.82, 2.24) is 0 Å². The van der Waals surface area contributed by atoms with E-state index >= 15 is 0 Å². The Labute approximate surface area is 97.8 Å². The molecule has 0 aromatic rings. The van der Waals surface area contributed by atoms with Gasteiger partial charge in [0.2, 0.25) is 0 Å². The summed E-state index contributed by atoms with van der Waals surface area (Å²) in [5.74, 6) is 1.53. The Bertz CT molecular complexity index is 149. The molecule has 3 heteroatoms. The van der Waals surface area contributed by atoms with Gasteiger partial charge in [0.1, 0.15) is 0 Å². The van der Waals surface area contributed by atoms with Gasteiger partial charge in [-0.3, -0.25) is 4.79 Å². The Morgan fingerprint density at radius 2 is 1.60 bits per heavy atom. The lowest BCUT2D eigenvalue weighted by Gasteiger charge is -2.01. The fourth-order valence-electron chi connectivity index (χ4n) is 1.41. The first-order chi connectivity index (χ1) is 7.27. The molecule has 0 fully saturated rings. The highest BCUT2D eigenvalue weighted by atomic mass is 32.2. The molecule has 2 nitrogen and oxygen atoms in total. The van der Waals surface area contributed by atoms with Crippen LogP contribution in [0.15, 0.2) is 0 Å². The highest BCUT2D eigenvalue weighted by Gasteiger charge is 1.96. The summed E-state index contributed by atoms with van der Waals surface area (Å²) >= 11 is 1.90. The highest BCUT2D eigenvalue weighted by molar-refractivity contribution is 7.99. The fraction of sp³-hybridized carbons (Fsp3) is 0.917. The number of hydrogen-bond acceptors (Lipinski definition) is 2. The third-order valence-electron chi connectivity index (χ3n) is 2.32. The Morgan fingerprint density at radius 1 is 1.00 bits per heavy atom. The van der Waals surface area contributed by atoms with Crippen molar-refractivity contribution in [1.29, 1.82) is 0 Å².